The third-order valence-corrected chi connectivity index (χ3v) is 5.50. The fourth-order valence-electron chi connectivity index (χ4n) is 3.89. The molecule has 2 saturated carbocycles. The van der Waals surface area contributed by atoms with E-state index in [-0.39, 0.29) is 17.2 Å². The van der Waals surface area contributed by atoms with Gasteiger partial charge in [0.2, 0.25) is 5.91 Å². The number of carbonyl (C=O) groups is 1. The number of rotatable bonds is 3. The van der Waals surface area contributed by atoms with Crippen LogP contribution < -0.4 is 10.1 Å². The number of para-hydroxylation sites is 1. The smallest absolute Gasteiger partial charge is 0.228 e. The molecule has 1 amide bonds. The lowest BCUT2D eigenvalue weighted by atomic mass is 9.87. The van der Waals surface area contributed by atoms with E-state index in [0.29, 0.717) is 18.2 Å². The summed E-state index contributed by atoms with van der Waals surface area (Å²) in [4.78, 5) is 21.4. The molecular formula is C19H19N3O2. The van der Waals surface area contributed by atoms with Crippen molar-refractivity contribution < 1.29 is 9.53 Å². The number of fused-ring (bicyclic) bond motifs is 2. The quantitative estimate of drug-likeness (QED) is 0.944. The molecule has 2 atom stereocenters. The topological polar surface area (TPSA) is 64.1 Å². The summed E-state index contributed by atoms with van der Waals surface area (Å²) in [5.41, 5.74) is 1.82. The molecule has 1 aliphatic heterocycles. The molecule has 2 heterocycles. The molecular weight excluding hydrogens is 302 g/mol. The van der Waals surface area contributed by atoms with Gasteiger partial charge in [-0.2, -0.15) is 0 Å². The highest BCUT2D eigenvalue weighted by atomic mass is 16.5. The van der Waals surface area contributed by atoms with Crippen LogP contribution in [0.25, 0.3) is 0 Å². The predicted molar refractivity (Wildman–Crippen MR) is 89.0 cm³/mol. The van der Waals surface area contributed by atoms with E-state index in [9.17, 15) is 4.79 Å². The summed E-state index contributed by atoms with van der Waals surface area (Å²) in [7, 11) is 0. The van der Waals surface area contributed by atoms with Gasteiger partial charge in [-0.25, -0.2) is 9.97 Å². The first-order chi connectivity index (χ1) is 11.8. The van der Waals surface area contributed by atoms with Crippen LogP contribution in [0.5, 0.6) is 5.75 Å². The fraction of sp³-hybridized carbons (Fsp3) is 0.421. The fourth-order valence-corrected chi connectivity index (χ4v) is 3.89. The lowest BCUT2D eigenvalue weighted by Crippen LogP contribution is -2.26. The maximum atomic E-state index is 12.7. The molecule has 0 unspecified atom stereocenters. The van der Waals surface area contributed by atoms with Gasteiger partial charge in [-0.15, -0.1) is 0 Å². The molecule has 5 heteroatoms. The van der Waals surface area contributed by atoms with Crippen molar-refractivity contribution in [2.24, 2.45) is 5.92 Å². The lowest BCUT2D eigenvalue weighted by Gasteiger charge is -2.26. The third kappa shape index (κ3) is 2.19. The number of ether oxygens (including phenoxy) is 1. The van der Waals surface area contributed by atoms with Gasteiger partial charge in [0.25, 0.3) is 0 Å². The van der Waals surface area contributed by atoms with Crippen molar-refractivity contribution in [2.45, 2.75) is 37.0 Å². The zero-order chi connectivity index (χ0) is 16.1. The Morgan fingerprint density at radius 2 is 2.00 bits per heavy atom. The number of hydrogen-bond acceptors (Lipinski definition) is 4. The molecule has 122 valence electrons. The van der Waals surface area contributed by atoms with Crippen LogP contribution in [0.2, 0.25) is 0 Å². The largest absolute Gasteiger partial charge is 0.493 e. The van der Waals surface area contributed by atoms with Gasteiger partial charge >= 0.3 is 0 Å². The summed E-state index contributed by atoms with van der Waals surface area (Å²) >= 11 is 0. The highest BCUT2D eigenvalue weighted by Crippen LogP contribution is 2.60. The summed E-state index contributed by atoms with van der Waals surface area (Å²) in [6, 6.07) is 8.09. The molecule has 2 fully saturated rings. The van der Waals surface area contributed by atoms with Crippen LogP contribution in [-0.4, -0.2) is 22.5 Å². The Morgan fingerprint density at radius 1 is 1.21 bits per heavy atom. The van der Waals surface area contributed by atoms with Crippen molar-refractivity contribution in [2.75, 3.05) is 11.9 Å². The first-order valence-corrected chi connectivity index (χ1v) is 8.61. The summed E-state index contributed by atoms with van der Waals surface area (Å²) in [6.07, 6.45) is 7.60. The van der Waals surface area contributed by atoms with E-state index in [1.807, 2.05) is 18.2 Å². The molecule has 1 aromatic heterocycles. The van der Waals surface area contributed by atoms with Gasteiger partial charge in [0.15, 0.2) is 0 Å². The minimum atomic E-state index is -0.0479. The van der Waals surface area contributed by atoms with Gasteiger partial charge < -0.3 is 10.1 Å². The Hall–Kier alpha value is -2.43. The summed E-state index contributed by atoms with van der Waals surface area (Å²) in [5.74, 6) is 2.42. The number of anilines is 1. The van der Waals surface area contributed by atoms with Crippen molar-refractivity contribution in [3.63, 3.8) is 0 Å². The van der Waals surface area contributed by atoms with E-state index in [2.05, 4.69) is 21.4 Å². The van der Waals surface area contributed by atoms with E-state index >= 15 is 0 Å². The first kappa shape index (κ1) is 14.0. The second-order valence-corrected chi connectivity index (χ2v) is 7.10. The number of amides is 1. The summed E-state index contributed by atoms with van der Waals surface area (Å²) in [5, 5.41) is 2.99. The van der Waals surface area contributed by atoms with Crippen molar-refractivity contribution in [3.8, 4) is 5.75 Å². The van der Waals surface area contributed by atoms with Crippen molar-refractivity contribution >= 4 is 11.6 Å². The Kier molecular flexibility index (Phi) is 2.93. The van der Waals surface area contributed by atoms with Crippen LogP contribution in [0, 0.1) is 5.92 Å². The Balaban J connectivity index is 1.32. The first-order valence-electron chi connectivity index (χ1n) is 8.61. The maximum absolute atomic E-state index is 12.7. The molecule has 1 N–H and O–H groups in total. The molecule has 2 aliphatic carbocycles. The molecule has 0 radical (unpaired) electrons. The minimum Gasteiger partial charge on any atom is -0.493 e. The van der Waals surface area contributed by atoms with Gasteiger partial charge in [0.05, 0.1) is 24.7 Å². The standard InChI is InChI=1S/C19H19N3O2/c23-18(22-13-10-20-17(21-11-13)12-5-6-12)15-9-19(15)7-8-24-16-4-2-1-3-14(16)19/h1-4,10-12,15H,5-9H2,(H,22,23)/t15-,19-/m0/s1. The summed E-state index contributed by atoms with van der Waals surface area (Å²) < 4.78 is 5.74. The minimum absolute atomic E-state index is 0.00524. The average molecular weight is 321 g/mol. The predicted octanol–water partition coefficient (Wildman–Crippen LogP) is 3.03. The number of aromatic nitrogens is 2. The Labute approximate surface area is 140 Å². The zero-order valence-electron chi connectivity index (χ0n) is 13.4. The molecule has 0 saturated heterocycles. The summed E-state index contributed by atoms with van der Waals surface area (Å²) in [6.45, 7) is 0.681. The highest BCUT2D eigenvalue weighted by molar-refractivity contribution is 5.96. The van der Waals surface area contributed by atoms with Gasteiger partial charge in [0.1, 0.15) is 11.6 Å². The van der Waals surface area contributed by atoms with Crippen molar-refractivity contribution in [3.05, 3.63) is 48.0 Å². The second kappa shape index (κ2) is 5.03. The van der Waals surface area contributed by atoms with Crippen LogP contribution in [-0.2, 0) is 10.2 Å². The van der Waals surface area contributed by atoms with Crippen molar-refractivity contribution in [1.82, 2.24) is 9.97 Å². The molecule has 24 heavy (non-hydrogen) atoms. The van der Waals surface area contributed by atoms with Gasteiger partial charge in [-0.1, -0.05) is 18.2 Å². The van der Waals surface area contributed by atoms with Crippen LogP contribution in [0.4, 0.5) is 5.69 Å². The second-order valence-electron chi connectivity index (χ2n) is 7.10. The number of benzene rings is 1. The Bertz CT molecular complexity index is 801. The van der Waals surface area contributed by atoms with Gasteiger partial charge in [-0.3, -0.25) is 4.79 Å². The molecule has 2 aromatic rings. The molecule has 5 nitrogen and oxygen atoms in total. The van der Waals surface area contributed by atoms with Gasteiger partial charge in [-0.05, 0) is 31.7 Å². The number of nitrogens with zero attached hydrogens (tertiary/aromatic N) is 2. The Morgan fingerprint density at radius 3 is 2.79 bits per heavy atom. The van der Waals surface area contributed by atoms with Crippen LogP contribution in [0.15, 0.2) is 36.7 Å². The SMILES string of the molecule is O=C(Nc1cnc(C2CC2)nc1)[C@@H]1C[C@]12CCOc1ccccc12. The van der Waals surface area contributed by atoms with E-state index in [0.717, 1.165) is 24.4 Å². The molecule has 3 aliphatic rings. The molecule has 1 aromatic carbocycles. The van der Waals surface area contributed by atoms with Crippen LogP contribution in [0.3, 0.4) is 0 Å². The average Bonchev–Trinajstić information content (AvgIpc) is 3.51. The molecule has 1 spiro atoms. The maximum Gasteiger partial charge on any atom is 0.228 e. The van der Waals surface area contributed by atoms with Crippen LogP contribution >= 0.6 is 0 Å². The van der Waals surface area contributed by atoms with E-state index in [4.69, 9.17) is 4.74 Å². The molecule has 5 rings (SSSR count). The van der Waals surface area contributed by atoms with E-state index in [1.165, 1.54) is 18.4 Å². The van der Waals surface area contributed by atoms with E-state index < -0.39 is 0 Å². The number of hydrogen-bond donors (Lipinski definition) is 1. The highest BCUT2D eigenvalue weighted by Gasteiger charge is 2.60. The normalized spacial score (nSPS) is 27.2. The lowest BCUT2D eigenvalue weighted by molar-refractivity contribution is -0.117. The third-order valence-electron chi connectivity index (χ3n) is 5.50. The zero-order valence-corrected chi connectivity index (χ0v) is 13.4. The monoisotopic (exact) mass is 321 g/mol. The molecule has 0 bridgehead atoms. The van der Waals surface area contributed by atoms with Crippen molar-refractivity contribution in [1.29, 1.82) is 0 Å². The number of carbonyl (C=O) groups excluding carboxylic acids is 1. The van der Waals surface area contributed by atoms with Crippen LogP contribution in [0.1, 0.15) is 43.0 Å². The van der Waals surface area contributed by atoms with Gasteiger partial charge in [0, 0.05) is 22.8 Å². The van der Waals surface area contributed by atoms with E-state index in [1.54, 1.807) is 12.4 Å². The number of nitrogens with one attached hydrogen (secondary N) is 1.